The molecule has 3 N–H and O–H groups in total. The number of aliphatic hydroxyl groups excluding tert-OH is 1. The monoisotopic (exact) mass is 316 g/mol. The number of nitrogens with one attached hydrogen (secondary N) is 2. The Balaban J connectivity index is 1.90. The van der Waals surface area contributed by atoms with Crippen LogP contribution in [-0.2, 0) is 16.6 Å². The number of rotatable bonds is 10. The number of sulfonamides is 1. The normalized spacial score (nSPS) is 17.0. The molecule has 6 nitrogen and oxygen atoms in total. The zero-order valence-electron chi connectivity index (χ0n) is 12.4. The van der Waals surface area contributed by atoms with Gasteiger partial charge in [0, 0.05) is 13.2 Å². The molecular formula is C14H24N2O4S. The molecule has 120 valence electrons. The van der Waals surface area contributed by atoms with Crippen LogP contribution >= 0.6 is 0 Å². The van der Waals surface area contributed by atoms with Gasteiger partial charge in [0.05, 0.1) is 6.54 Å². The van der Waals surface area contributed by atoms with Crippen molar-refractivity contribution in [3.63, 3.8) is 0 Å². The Hall–Kier alpha value is -0.890. The van der Waals surface area contributed by atoms with Crippen molar-refractivity contribution in [2.24, 2.45) is 5.41 Å². The highest BCUT2D eigenvalue weighted by Crippen LogP contribution is 2.48. The Labute approximate surface area is 126 Å². The molecule has 0 aromatic carbocycles. The molecule has 1 aliphatic carbocycles. The molecule has 0 bridgehead atoms. The van der Waals surface area contributed by atoms with E-state index in [1.54, 1.807) is 6.07 Å². The van der Waals surface area contributed by atoms with Crippen LogP contribution in [-0.4, -0.2) is 33.2 Å². The molecule has 1 aromatic heterocycles. The fourth-order valence-corrected chi connectivity index (χ4v) is 3.34. The van der Waals surface area contributed by atoms with Gasteiger partial charge >= 0.3 is 0 Å². The van der Waals surface area contributed by atoms with Crippen LogP contribution in [0.15, 0.2) is 21.6 Å². The van der Waals surface area contributed by atoms with Gasteiger partial charge in [-0.3, -0.25) is 0 Å². The molecule has 1 saturated carbocycles. The predicted molar refractivity (Wildman–Crippen MR) is 79.3 cm³/mol. The van der Waals surface area contributed by atoms with Crippen LogP contribution in [0.25, 0.3) is 0 Å². The van der Waals surface area contributed by atoms with Crippen LogP contribution in [0.1, 0.15) is 38.4 Å². The first-order chi connectivity index (χ1) is 10.0. The van der Waals surface area contributed by atoms with Crippen molar-refractivity contribution in [1.29, 1.82) is 0 Å². The van der Waals surface area contributed by atoms with E-state index in [1.165, 1.54) is 6.07 Å². The Kier molecular flexibility index (Phi) is 5.43. The quantitative estimate of drug-likeness (QED) is 0.565. The lowest BCUT2D eigenvalue weighted by Crippen LogP contribution is -2.30. The average molecular weight is 316 g/mol. The second kappa shape index (κ2) is 6.91. The average Bonchev–Trinajstić information content (AvgIpc) is 3.04. The molecule has 0 aliphatic heterocycles. The zero-order valence-corrected chi connectivity index (χ0v) is 13.2. The molecular weight excluding hydrogens is 292 g/mol. The van der Waals surface area contributed by atoms with Gasteiger partial charge in [-0.15, -0.1) is 0 Å². The Morgan fingerprint density at radius 1 is 1.38 bits per heavy atom. The molecule has 0 atom stereocenters. The minimum absolute atomic E-state index is 0.0457. The van der Waals surface area contributed by atoms with Crippen LogP contribution < -0.4 is 10.0 Å². The van der Waals surface area contributed by atoms with Gasteiger partial charge in [-0.05, 0) is 49.8 Å². The van der Waals surface area contributed by atoms with Gasteiger partial charge in [-0.1, -0.05) is 6.92 Å². The standard InChI is InChI=1S/C14H24N2O4S/c1-2-8-15-10-12-3-4-13(20-12)21(18,19)16-11-14(5-6-14)7-9-17/h3-4,15-17H,2,5-11H2,1H3. The lowest BCUT2D eigenvalue weighted by atomic mass is 10.0. The van der Waals surface area contributed by atoms with Gasteiger partial charge < -0.3 is 14.8 Å². The molecule has 2 rings (SSSR count). The summed E-state index contributed by atoms with van der Waals surface area (Å²) in [5, 5.41) is 12.1. The van der Waals surface area contributed by atoms with E-state index in [9.17, 15) is 8.42 Å². The van der Waals surface area contributed by atoms with Gasteiger partial charge in [-0.25, -0.2) is 13.1 Å². The van der Waals surface area contributed by atoms with Gasteiger partial charge in [0.15, 0.2) is 0 Å². The molecule has 7 heteroatoms. The minimum Gasteiger partial charge on any atom is -0.447 e. The first kappa shape index (κ1) is 16.5. The Morgan fingerprint density at radius 3 is 2.76 bits per heavy atom. The summed E-state index contributed by atoms with van der Waals surface area (Å²) < 4.78 is 32.3. The summed E-state index contributed by atoms with van der Waals surface area (Å²) in [4.78, 5) is 0. The molecule has 0 unspecified atom stereocenters. The summed E-state index contributed by atoms with van der Waals surface area (Å²) >= 11 is 0. The van der Waals surface area contributed by atoms with Crippen LogP contribution in [0.2, 0.25) is 0 Å². The third kappa shape index (κ3) is 4.54. The van der Waals surface area contributed by atoms with Crippen molar-refractivity contribution in [3.05, 3.63) is 17.9 Å². The lowest BCUT2D eigenvalue weighted by molar-refractivity contribution is 0.249. The zero-order chi connectivity index (χ0) is 15.3. The molecule has 0 amide bonds. The number of furan rings is 1. The van der Waals surface area contributed by atoms with E-state index >= 15 is 0 Å². The van der Waals surface area contributed by atoms with E-state index in [2.05, 4.69) is 17.0 Å². The first-order valence-corrected chi connectivity index (χ1v) is 8.90. The van der Waals surface area contributed by atoms with E-state index in [4.69, 9.17) is 9.52 Å². The van der Waals surface area contributed by atoms with Crippen LogP contribution in [0.3, 0.4) is 0 Å². The summed E-state index contributed by atoms with van der Waals surface area (Å²) in [7, 11) is -3.61. The Morgan fingerprint density at radius 2 is 2.14 bits per heavy atom. The number of hydrogen-bond donors (Lipinski definition) is 3. The van der Waals surface area contributed by atoms with Gasteiger partial charge in [0.1, 0.15) is 5.76 Å². The molecule has 21 heavy (non-hydrogen) atoms. The van der Waals surface area contributed by atoms with E-state index in [0.717, 1.165) is 25.8 Å². The summed E-state index contributed by atoms with van der Waals surface area (Å²) in [5.41, 5.74) is -0.0556. The fraction of sp³-hybridized carbons (Fsp3) is 0.714. The third-order valence-electron chi connectivity index (χ3n) is 3.86. The second-order valence-electron chi connectivity index (χ2n) is 5.70. The molecule has 1 heterocycles. The smallest absolute Gasteiger partial charge is 0.273 e. The maximum Gasteiger partial charge on any atom is 0.273 e. The number of aliphatic hydroxyl groups is 1. The minimum atomic E-state index is -3.61. The van der Waals surface area contributed by atoms with Crippen LogP contribution in [0.5, 0.6) is 0 Å². The maximum atomic E-state index is 12.2. The van der Waals surface area contributed by atoms with Crippen molar-refractivity contribution >= 4 is 10.0 Å². The van der Waals surface area contributed by atoms with Crippen molar-refractivity contribution in [1.82, 2.24) is 10.0 Å². The molecule has 1 fully saturated rings. The SMILES string of the molecule is CCCNCc1ccc(S(=O)(=O)NCC2(CCO)CC2)o1. The van der Waals surface area contributed by atoms with Crippen LogP contribution in [0, 0.1) is 5.41 Å². The highest BCUT2D eigenvalue weighted by Gasteiger charge is 2.42. The molecule has 0 saturated heterocycles. The fourth-order valence-electron chi connectivity index (χ4n) is 2.23. The largest absolute Gasteiger partial charge is 0.447 e. The maximum absolute atomic E-state index is 12.2. The van der Waals surface area contributed by atoms with E-state index in [1.807, 2.05) is 0 Å². The van der Waals surface area contributed by atoms with Gasteiger partial charge in [-0.2, -0.15) is 0 Å². The summed E-state index contributed by atoms with van der Waals surface area (Å²) in [6.45, 7) is 3.91. The molecule has 1 aliphatic rings. The highest BCUT2D eigenvalue weighted by atomic mass is 32.2. The topological polar surface area (TPSA) is 91.6 Å². The van der Waals surface area contributed by atoms with E-state index in [-0.39, 0.29) is 17.1 Å². The predicted octanol–water partition coefficient (Wildman–Crippen LogP) is 1.22. The molecule has 0 radical (unpaired) electrons. The van der Waals surface area contributed by atoms with Crippen molar-refractivity contribution in [2.75, 3.05) is 19.7 Å². The summed E-state index contributed by atoms with van der Waals surface area (Å²) in [6, 6.07) is 3.16. The highest BCUT2D eigenvalue weighted by molar-refractivity contribution is 7.89. The van der Waals surface area contributed by atoms with Crippen LogP contribution in [0.4, 0.5) is 0 Å². The number of hydrogen-bond acceptors (Lipinski definition) is 5. The van der Waals surface area contributed by atoms with E-state index in [0.29, 0.717) is 25.3 Å². The summed E-state index contributed by atoms with van der Waals surface area (Å²) in [5.74, 6) is 0.611. The second-order valence-corrected chi connectivity index (χ2v) is 7.39. The Bertz CT molecular complexity index is 549. The van der Waals surface area contributed by atoms with Crippen molar-refractivity contribution in [2.45, 2.75) is 44.2 Å². The first-order valence-electron chi connectivity index (χ1n) is 7.41. The molecule has 1 aromatic rings. The van der Waals surface area contributed by atoms with Gasteiger partial charge in [0.2, 0.25) is 5.09 Å². The summed E-state index contributed by atoms with van der Waals surface area (Å²) in [6.07, 6.45) is 3.57. The van der Waals surface area contributed by atoms with E-state index < -0.39 is 10.0 Å². The third-order valence-corrected chi connectivity index (χ3v) is 5.14. The van der Waals surface area contributed by atoms with Gasteiger partial charge in [0.25, 0.3) is 10.0 Å². The molecule has 0 spiro atoms. The van der Waals surface area contributed by atoms with Crippen molar-refractivity contribution < 1.29 is 17.9 Å². The van der Waals surface area contributed by atoms with Crippen molar-refractivity contribution in [3.8, 4) is 0 Å². The lowest BCUT2D eigenvalue weighted by Gasteiger charge is -2.13.